The van der Waals surface area contributed by atoms with E-state index in [0.717, 1.165) is 17.3 Å². The number of benzene rings is 1. The molecule has 0 radical (unpaired) electrons. The van der Waals surface area contributed by atoms with Crippen LogP contribution in [0.15, 0.2) is 29.2 Å². The van der Waals surface area contributed by atoms with E-state index in [0.29, 0.717) is 11.5 Å². The van der Waals surface area contributed by atoms with Gasteiger partial charge in [0.1, 0.15) is 0 Å². The highest BCUT2D eigenvalue weighted by atomic mass is 35.5. The number of hydrogen-bond acceptors (Lipinski definition) is 2. The monoisotopic (exact) mass is 313 g/mol. The molecule has 1 unspecified atom stereocenters. The minimum Gasteiger partial charge on any atom is -0.313 e. The number of rotatable bonds is 8. The van der Waals surface area contributed by atoms with E-state index in [4.69, 9.17) is 11.6 Å². The molecule has 1 nitrogen and oxygen atoms in total. The van der Waals surface area contributed by atoms with Crippen LogP contribution in [0.3, 0.4) is 0 Å². The Balaban J connectivity index is 2.47. The molecule has 20 heavy (non-hydrogen) atoms. The maximum atomic E-state index is 6.04. The van der Waals surface area contributed by atoms with Gasteiger partial charge in [-0.25, -0.2) is 0 Å². The molecule has 0 heterocycles. The van der Waals surface area contributed by atoms with E-state index in [1.165, 1.54) is 24.2 Å². The highest BCUT2D eigenvalue weighted by Gasteiger charge is 2.15. The van der Waals surface area contributed by atoms with Gasteiger partial charge in [0.25, 0.3) is 0 Å². The molecule has 0 amide bonds. The number of halogens is 1. The normalized spacial score (nSPS) is 13.4. The van der Waals surface area contributed by atoms with Crippen LogP contribution in [0.2, 0.25) is 5.02 Å². The summed E-state index contributed by atoms with van der Waals surface area (Å²) >= 11 is 7.93. The second kappa shape index (κ2) is 8.96. The third kappa shape index (κ3) is 8.18. The van der Waals surface area contributed by atoms with Crippen molar-refractivity contribution in [1.29, 1.82) is 0 Å². The third-order valence-electron chi connectivity index (χ3n) is 3.17. The molecule has 1 N–H and O–H groups in total. The van der Waals surface area contributed by atoms with Crippen LogP contribution in [0.5, 0.6) is 0 Å². The lowest BCUT2D eigenvalue weighted by Crippen LogP contribution is -2.33. The Hall–Kier alpha value is -0.180. The van der Waals surface area contributed by atoms with E-state index in [1.807, 2.05) is 30.0 Å². The predicted molar refractivity (Wildman–Crippen MR) is 92.9 cm³/mol. The first-order valence-electron chi connectivity index (χ1n) is 7.52. The summed E-state index contributed by atoms with van der Waals surface area (Å²) in [6.45, 7) is 10.3. The lowest BCUT2D eigenvalue weighted by Gasteiger charge is -2.24. The smallest absolute Gasteiger partial charge is 0.0417 e. The maximum Gasteiger partial charge on any atom is 0.0417 e. The number of nitrogens with one attached hydrogen (secondary N) is 1. The quantitative estimate of drug-likeness (QED) is 0.624. The van der Waals surface area contributed by atoms with Crippen LogP contribution >= 0.6 is 23.4 Å². The van der Waals surface area contributed by atoms with Crippen molar-refractivity contribution in [3.8, 4) is 0 Å². The first-order chi connectivity index (χ1) is 9.40. The molecule has 0 spiro atoms. The van der Waals surface area contributed by atoms with Gasteiger partial charge in [0.15, 0.2) is 0 Å². The zero-order chi connectivity index (χ0) is 15.0. The van der Waals surface area contributed by atoms with Gasteiger partial charge in [-0.05, 0) is 49.4 Å². The minimum absolute atomic E-state index is 0.410. The van der Waals surface area contributed by atoms with Crippen LogP contribution in [-0.4, -0.2) is 18.3 Å². The summed E-state index contributed by atoms with van der Waals surface area (Å²) in [5.41, 5.74) is 0.410. The van der Waals surface area contributed by atoms with Gasteiger partial charge < -0.3 is 5.32 Å². The average molecular weight is 314 g/mol. The van der Waals surface area contributed by atoms with E-state index in [2.05, 4.69) is 39.1 Å². The van der Waals surface area contributed by atoms with Crippen molar-refractivity contribution < 1.29 is 0 Å². The van der Waals surface area contributed by atoms with Crippen LogP contribution in [0.4, 0.5) is 0 Å². The minimum atomic E-state index is 0.410. The SMILES string of the molecule is CCCNC(CCC(C)(C)C)CSc1cccc(Cl)c1. The van der Waals surface area contributed by atoms with Crippen molar-refractivity contribution in [1.82, 2.24) is 5.32 Å². The topological polar surface area (TPSA) is 12.0 Å². The Morgan fingerprint density at radius 1 is 1.30 bits per heavy atom. The average Bonchev–Trinajstić information content (AvgIpc) is 2.37. The summed E-state index contributed by atoms with van der Waals surface area (Å²) in [6, 6.07) is 8.72. The van der Waals surface area contributed by atoms with Crippen LogP contribution in [-0.2, 0) is 0 Å². The summed E-state index contributed by atoms with van der Waals surface area (Å²) in [5.74, 6) is 1.11. The fourth-order valence-electron chi connectivity index (χ4n) is 1.95. The molecule has 1 atom stereocenters. The van der Waals surface area contributed by atoms with Gasteiger partial charge in [0.2, 0.25) is 0 Å². The number of hydrogen-bond donors (Lipinski definition) is 1. The van der Waals surface area contributed by atoms with E-state index < -0.39 is 0 Å². The van der Waals surface area contributed by atoms with Gasteiger partial charge in [-0.3, -0.25) is 0 Å². The Morgan fingerprint density at radius 3 is 2.65 bits per heavy atom. The van der Waals surface area contributed by atoms with Gasteiger partial charge in [-0.15, -0.1) is 11.8 Å². The van der Waals surface area contributed by atoms with Crippen molar-refractivity contribution in [2.24, 2.45) is 5.41 Å². The molecule has 0 aliphatic rings. The standard InChI is InChI=1S/C17H28ClNS/c1-5-11-19-15(9-10-17(2,3)4)13-20-16-8-6-7-14(18)12-16/h6-8,12,15,19H,5,9-11,13H2,1-4H3. The Bertz CT molecular complexity index is 387. The molecule has 114 valence electrons. The van der Waals surface area contributed by atoms with E-state index in [-0.39, 0.29) is 0 Å². The molecule has 1 aromatic carbocycles. The third-order valence-corrected chi connectivity index (χ3v) is 4.56. The van der Waals surface area contributed by atoms with Crippen LogP contribution in [0, 0.1) is 5.41 Å². The molecule has 0 bridgehead atoms. The largest absolute Gasteiger partial charge is 0.313 e. The van der Waals surface area contributed by atoms with Gasteiger partial charge in [-0.1, -0.05) is 45.4 Å². The molecular weight excluding hydrogens is 286 g/mol. The molecule has 0 saturated carbocycles. The molecule has 0 aromatic heterocycles. The zero-order valence-electron chi connectivity index (χ0n) is 13.2. The summed E-state index contributed by atoms with van der Waals surface area (Å²) in [4.78, 5) is 1.26. The predicted octanol–water partition coefficient (Wildman–Crippen LogP) is 5.63. The lowest BCUT2D eigenvalue weighted by molar-refractivity contribution is 0.338. The summed E-state index contributed by atoms with van der Waals surface area (Å²) in [5, 5.41) is 4.50. The summed E-state index contributed by atoms with van der Waals surface area (Å²) in [6.07, 6.45) is 3.68. The Kier molecular flexibility index (Phi) is 8.01. The fraction of sp³-hybridized carbons (Fsp3) is 0.647. The molecule has 1 rings (SSSR count). The summed E-state index contributed by atoms with van der Waals surface area (Å²) < 4.78 is 0. The maximum absolute atomic E-state index is 6.04. The lowest BCUT2D eigenvalue weighted by atomic mass is 9.89. The van der Waals surface area contributed by atoms with E-state index >= 15 is 0 Å². The van der Waals surface area contributed by atoms with Gasteiger partial charge >= 0.3 is 0 Å². The molecule has 0 aliphatic carbocycles. The van der Waals surface area contributed by atoms with Crippen molar-refractivity contribution in [3.05, 3.63) is 29.3 Å². The van der Waals surface area contributed by atoms with Crippen LogP contribution < -0.4 is 5.32 Å². The molecule has 3 heteroatoms. The second-order valence-electron chi connectivity index (χ2n) is 6.52. The highest BCUT2D eigenvalue weighted by Crippen LogP contribution is 2.26. The molecule has 0 aliphatic heterocycles. The Morgan fingerprint density at radius 2 is 2.05 bits per heavy atom. The molecule has 0 saturated heterocycles. The first-order valence-corrected chi connectivity index (χ1v) is 8.89. The number of thioether (sulfide) groups is 1. The van der Waals surface area contributed by atoms with Gasteiger partial charge in [0.05, 0.1) is 0 Å². The second-order valence-corrected chi connectivity index (χ2v) is 8.05. The van der Waals surface area contributed by atoms with Gasteiger partial charge in [-0.2, -0.15) is 0 Å². The molecule has 1 aromatic rings. The van der Waals surface area contributed by atoms with Crippen molar-refractivity contribution in [3.63, 3.8) is 0 Å². The zero-order valence-corrected chi connectivity index (χ0v) is 14.8. The van der Waals surface area contributed by atoms with E-state index in [1.54, 1.807) is 0 Å². The van der Waals surface area contributed by atoms with Crippen molar-refractivity contribution >= 4 is 23.4 Å². The van der Waals surface area contributed by atoms with Crippen molar-refractivity contribution in [2.75, 3.05) is 12.3 Å². The fourth-order valence-corrected chi connectivity index (χ4v) is 3.27. The van der Waals surface area contributed by atoms with Gasteiger partial charge in [0, 0.05) is 21.7 Å². The van der Waals surface area contributed by atoms with Crippen molar-refractivity contribution in [2.45, 2.75) is 57.9 Å². The van der Waals surface area contributed by atoms with Crippen LogP contribution in [0.1, 0.15) is 47.0 Å². The highest BCUT2D eigenvalue weighted by molar-refractivity contribution is 7.99. The van der Waals surface area contributed by atoms with Crippen LogP contribution in [0.25, 0.3) is 0 Å². The van der Waals surface area contributed by atoms with E-state index in [9.17, 15) is 0 Å². The first kappa shape index (κ1) is 17.9. The summed E-state index contributed by atoms with van der Waals surface area (Å²) in [7, 11) is 0. The molecule has 0 fully saturated rings. The molecular formula is C17H28ClNS. The Labute approximate surface area is 133 Å².